The fraction of sp³-hybridized carbons (Fsp3) is 0.471. The molecule has 25 heavy (non-hydrogen) atoms. The Morgan fingerprint density at radius 3 is 2.56 bits per heavy atom. The zero-order valence-electron chi connectivity index (χ0n) is 14.6. The zero-order chi connectivity index (χ0) is 17.6. The maximum absolute atomic E-state index is 5.94. The van der Waals surface area contributed by atoms with Gasteiger partial charge < -0.3 is 14.7 Å². The van der Waals surface area contributed by atoms with Crippen molar-refractivity contribution in [3.8, 4) is 0 Å². The number of hydrogen-bond donors (Lipinski definition) is 1. The molecular weight excluding hydrogens is 340 g/mol. The summed E-state index contributed by atoms with van der Waals surface area (Å²) < 4.78 is 4.98. The Balaban J connectivity index is 1.47. The van der Waals surface area contributed by atoms with Gasteiger partial charge in [-0.25, -0.2) is 0 Å². The van der Waals surface area contributed by atoms with Crippen LogP contribution in [0.3, 0.4) is 0 Å². The summed E-state index contributed by atoms with van der Waals surface area (Å²) in [6.07, 6.45) is 0. The first kappa shape index (κ1) is 17.7. The Morgan fingerprint density at radius 1 is 1.24 bits per heavy atom. The molecule has 1 aliphatic rings. The first-order valence-electron chi connectivity index (χ1n) is 8.35. The third kappa shape index (κ3) is 4.93. The molecule has 0 saturated carbocycles. The van der Waals surface area contributed by atoms with Gasteiger partial charge in [-0.3, -0.25) is 9.89 Å². The topological polar surface area (TPSA) is 69.8 Å². The van der Waals surface area contributed by atoms with Gasteiger partial charge in [0.2, 0.25) is 5.89 Å². The van der Waals surface area contributed by atoms with E-state index in [1.165, 1.54) is 5.56 Å². The number of aliphatic imine (C=N–C) groups is 1. The smallest absolute Gasteiger partial charge is 0.223 e. The monoisotopic (exact) mass is 362 g/mol. The molecule has 8 heteroatoms. The van der Waals surface area contributed by atoms with Crippen LogP contribution >= 0.6 is 11.6 Å². The summed E-state index contributed by atoms with van der Waals surface area (Å²) in [5.41, 5.74) is 1.29. The molecule has 0 bridgehead atoms. The quantitative estimate of drug-likeness (QED) is 0.662. The summed E-state index contributed by atoms with van der Waals surface area (Å²) in [5.74, 6) is 2.08. The first-order valence-corrected chi connectivity index (χ1v) is 8.73. The second kappa shape index (κ2) is 8.31. The largest absolute Gasteiger partial charge is 0.349 e. The van der Waals surface area contributed by atoms with Crippen molar-refractivity contribution in [2.24, 2.45) is 4.99 Å². The molecule has 0 radical (unpaired) electrons. The molecule has 2 heterocycles. The van der Waals surface area contributed by atoms with E-state index in [9.17, 15) is 0 Å². The average Bonchev–Trinajstić information content (AvgIpc) is 3.04. The van der Waals surface area contributed by atoms with E-state index < -0.39 is 0 Å². The van der Waals surface area contributed by atoms with Crippen LogP contribution in [0, 0.1) is 6.92 Å². The molecule has 134 valence electrons. The van der Waals surface area contributed by atoms with E-state index in [0.29, 0.717) is 18.3 Å². The Labute approximate surface area is 152 Å². The van der Waals surface area contributed by atoms with Crippen molar-refractivity contribution in [3.05, 3.63) is 46.6 Å². The molecule has 1 aliphatic heterocycles. The SMILES string of the molecule is CN=C(NCc1noc(C)n1)N1CCN(Cc2ccc(Cl)cc2)CC1. The summed E-state index contributed by atoms with van der Waals surface area (Å²) >= 11 is 5.94. The lowest BCUT2D eigenvalue weighted by Gasteiger charge is -2.36. The normalized spacial score (nSPS) is 16.3. The van der Waals surface area contributed by atoms with Crippen LogP contribution in [0.2, 0.25) is 5.02 Å². The Morgan fingerprint density at radius 2 is 1.96 bits per heavy atom. The third-order valence-electron chi connectivity index (χ3n) is 4.18. The molecule has 0 amide bonds. The molecule has 7 nitrogen and oxygen atoms in total. The van der Waals surface area contributed by atoms with Crippen LogP contribution in [-0.2, 0) is 13.1 Å². The fourth-order valence-electron chi connectivity index (χ4n) is 2.87. The molecule has 1 N–H and O–H groups in total. The minimum atomic E-state index is 0.509. The van der Waals surface area contributed by atoms with Crippen LogP contribution < -0.4 is 5.32 Å². The number of rotatable bonds is 4. The van der Waals surface area contributed by atoms with Crippen LogP contribution in [0.4, 0.5) is 0 Å². The number of guanidine groups is 1. The van der Waals surface area contributed by atoms with Crippen LogP contribution in [0.15, 0.2) is 33.8 Å². The molecule has 3 rings (SSSR count). The molecular formula is C17H23ClN6O. The van der Waals surface area contributed by atoms with Crippen molar-refractivity contribution >= 4 is 17.6 Å². The van der Waals surface area contributed by atoms with Gasteiger partial charge >= 0.3 is 0 Å². The average molecular weight is 363 g/mol. The number of piperazine rings is 1. The number of nitrogens with one attached hydrogen (secondary N) is 1. The first-order chi connectivity index (χ1) is 12.1. The molecule has 1 fully saturated rings. The van der Waals surface area contributed by atoms with Crippen molar-refractivity contribution in [1.82, 2.24) is 25.3 Å². The van der Waals surface area contributed by atoms with E-state index in [1.807, 2.05) is 12.1 Å². The summed E-state index contributed by atoms with van der Waals surface area (Å²) in [6.45, 7) is 7.08. The van der Waals surface area contributed by atoms with Crippen LogP contribution in [0.5, 0.6) is 0 Å². The lowest BCUT2D eigenvalue weighted by atomic mass is 10.2. The second-order valence-electron chi connectivity index (χ2n) is 6.02. The van der Waals surface area contributed by atoms with Gasteiger partial charge in [-0.2, -0.15) is 4.98 Å². The van der Waals surface area contributed by atoms with Gasteiger partial charge in [0, 0.05) is 51.7 Å². The van der Waals surface area contributed by atoms with E-state index in [1.54, 1.807) is 14.0 Å². The van der Waals surface area contributed by atoms with E-state index in [4.69, 9.17) is 16.1 Å². The van der Waals surface area contributed by atoms with Gasteiger partial charge in [0.1, 0.15) is 0 Å². The van der Waals surface area contributed by atoms with E-state index in [0.717, 1.165) is 43.7 Å². The van der Waals surface area contributed by atoms with Gasteiger partial charge in [-0.1, -0.05) is 28.9 Å². The van der Waals surface area contributed by atoms with Gasteiger partial charge in [-0.15, -0.1) is 0 Å². The molecule has 1 saturated heterocycles. The number of aromatic nitrogens is 2. The maximum atomic E-state index is 5.94. The van der Waals surface area contributed by atoms with Crippen molar-refractivity contribution in [2.75, 3.05) is 33.2 Å². The Hall–Kier alpha value is -2.12. The van der Waals surface area contributed by atoms with Crippen LogP contribution in [0.1, 0.15) is 17.3 Å². The molecule has 0 unspecified atom stereocenters. The Bertz CT molecular complexity index is 706. The second-order valence-corrected chi connectivity index (χ2v) is 6.46. The number of aryl methyl sites for hydroxylation is 1. The van der Waals surface area contributed by atoms with Crippen LogP contribution in [0.25, 0.3) is 0 Å². The van der Waals surface area contributed by atoms with Crippen molar-refractivity contribution < 1.29 is 4.52 Å². The summed E-state index contributed by atoms with van der Waals surface area (Å²) in [6, 6.07) is 8.06. The standard InChI is InChI=1S/C17H23ClN6O/c1-13-21-16(22-25-13)11-20-17(19-2)24-9-7-23(8-10-24)12-14-3-5-15(18)6-4-14/h3-6H,7-12H2,1-2H3,(H,19,20). The zero-order valence-corrected chi connectivity index (χ0v) is 15.3. The van der Waals surface area contributed by atoms with Gasteiger partial charge in [0.15, 0.2) is 11.8 Å². The molecule has 1 aromatic carbocycles. The molecule has 0 aliphatic carbocycles. The minimum absolute atomic E-state index is 0.509. The lowest BCUT2D eigenvalue weighted by Crippen LogP contribution is -2.52. The van der Waals surface area contributed by atoms with Crippen molar-refractivity contribution in [3.63, 3.8) is 0 Å². The highest BCUT2D eigenvalue weighted by Crippen LogP contribution is 2.13. The van der Waals surface area contributed by atoms with E-state index in [-0.39, 0.29) is 0 Å². The molecule has 0 atom stereocenters. The predicted octanol–water partition coefficient (Wildman–Crippen LogP) is 1.92. The molecule has 0 spiro atoms. The van der Waals surface area contributed by atoms with Crippen LogP contribution in [-0.4, -0.2) is 59.1 Å². The number of halogens is 1. The highest BCUT2D eigenvalue weighted by molar-refractivity contribution is 6.30. The summed E-state index contributed by atoms with van der Waals surface area (Å²) in [5, 5.41) is 7.97. The third-order valence-corrected chi connectivity index (χ3v) is 4.43. The summed E-state index contributed by atoms with van der Waals surface area (Å²) in [7, 11) is 1.80. The Kier molecular flexibility index (Phi) is 5.88. The summed E-state index contributed by atoms with van der Waals surface area (Å²) in [4.78, 5) is 13.3. The van der Waals surface area contributed by atoms with Gasteiger partial charge in [-0.05, 0) is 17.7 Å². The maximum Gasteiger partial charge on any atom is 0.223 e. The molecule has 1 aromatic heterocycles. The number of hydrogen-bond acceptors (Lipinski definition) is 5. The number of benzene rings is 1. The fourth-order valence-corrected chi connectivity index (χ4v) is 3.00. The van der Waals surface area contributed by atoms with Gasteiger partial charge in [0.05, 0.1) is 6.54 Å². The highest BCUT2D eigenvalue weighted by Gasteiger charge is 2.20. The number of nitrogens with zero attached hydrogens (tertiary/aromatic N) is 5. The lowest BCUT2D eigenvalue weighted by molar-refractivity contribution is 0.172. The minimum Gasteiger partial charge on any atom is -0.349 e. The van der Waals surface area contributed by atoms with Crippen molar-refractivity contribution in [1.29, 1.82) is 0 Å². The van der Waals surface area contributed by atoms with Gasteiger partial charge in [0.25, 0.3) is 0 Å². The van der Waals surface area contributed by atoms with Crippen molar-refractivity contribution in [2.45, 2.75) is 20.0 Å². The predicted molar refractivity (Wildman–Crippen MR) is 97.5 cm³/mol. The van der Waals surface area contributed by atoms with E-state index in [2.05, 4.69) is 42.4 Å². The highest BCUT2D eigenvalue weighted by atomic mass is 35.5. The molecule has 2 aromatic rings. The van der Waals surface area contributed by atoms with E-state index >= 15 is 0 Å².